The maximum Gasteiger partial charge on any atom is 1.00 e. The van der Waals surface area contributed by atoms with Gasteiger partial charge in [-0.05, 0) is 52.0 Å². The van der Waals surface area contributed by atoms with Gasteiger partial charge in [0.1, 0.15) is 11.5 Å². The van der Waals surface area contributed by atoms with Crippen molar-refractivity contribution in [2.45, 2.75) is 20.0 Å². The average Bonchev–Trinajstić information content (AvgIpc) is 2.48. The van der Waals surface area contributed by atoms with Crippen LogP contribution in [0.25, 0.3) is 0 Å². The standard InChI is InChI=1S/C17H18ClO3P.Li.H/c1-11(2)21-12-7-9-13(10-8-12)22-17(19)16-14(18)5-4-6-15(16)20-3;;/h4-11,22H,1-3H3;;/q;+1;-1. The van der Waals surface area contributed by atoms with Crippen LogP contribution in [0, 0.1) is 0 Å². The molecule has 23 heavy (non-hydrogen) atoms. The second-order valence-corrected chi connectivity index (χ2v) is 6.65. The van der Waals surface area contributed by atoms with Crippen LogP contribution in [-0.2, 0) is 0 Å². The van der Waals surface area contributed by atoms with Crippen molar-refractivity contribution in [1.29, 1.82) is 0 Å². The van der Waals surface area contributed by atoms with Crippen LogP contribution >= 0.6 is 20.2 Å². The van der Waals surface area contributed by atoms with E-state index in [1.165, 1.54) is 7.11 Å². The Morgan fingerprint density at radius 2 is 1.83 bits per heavy atom. The Morgan fingerprint density at radius 3 is 2.39 bits per heavy atom. The molecule has 0 aromatic heterocycles. The zero-order valence-corrected chi connectivity index (χ0v) is 15.5. The number of hydrogen-bond acceptors (Lipinski definition) is 3. The quantitative estimate of drug-likeness (QED) is 0.587. The first-order valence-corrected chi connectivity index (χ1v) is 8.29. The van der Waals surface area contributed by atoms with Crippen LogP contribution < -0.4 is 33.6 Å². The summed E-state index contributed by atoms with van der Waals surface area (Å²) in [5.41, 5.74) is 0.396. The predicted molar refractivity (Wildman–Crippen MR) is 93.6 cm³/mol. The van der Waals surface area contributed by atoms with E-state index >= 15 is 0 Å². The zero-order valence-electron chi connectivity index (χ0n) is 14.7. The summed E-state index contributed by atoms with van der Waals surface area (Å²) in [5, 5.41) is 1.35. The molecule has 2 rings (SSSR count). The Morgan fingerprint density at radius 1 is 1.17 bits per heavy atom. The summed E-state index contributed by atoms with van der Waals surface area (Å²) in [6.45, 7) is 3.95. The monoisotopic (exact) mass is 344 g/mol. The molecule has 0 saturated heterocycles. The number of methoxy groups -OCH3 is 1. The Hall–Kier alpha value is -0.973. The fourth-order valence-electron chi connectivity index (χ4n) is 1.98. The molecule has 2 aromatic carbocycles. The van der Waals surface area contributed by atoms with Crippen LogP contribution in [0.5, 0.6) is 11.5 Å². The number of benzene rings is 2. The van der Waals surface area contributed by atoms with Gasteiger partial charge < -0.3 is 10.9 Å². The van der Waals surface area contributed by atoms with Gasteiger partial charge in [-0.3, -0.25) is 4.79 Å². The minimum Gasteiger partial charge on any atom is -1.00 e. The van der Waals surface area contributed by atoms with Crippen LogP contribution in [0.4, 0.5) is 0 Å². The fraction of sp³-hybridized carbons (Fsp3) is 0.235. The van der Waals surface area contributed by atoms with Gasteiger partial charge in [0.15, 0.2) is 5.52 Å². The van der Waals surface area contributed by atoms with Crippen molar-refractivity contribution >= 4 is 31.0 Å². The van der Waals surface area contributed by atoms with Gasteiger partial charge in [-0.15, -0.1) is 0 Å². The van der Waals surface area contributed by atoms with Crippen molar-refractivity contribution in [3.8, 4) is 11.5 Å². The van der Waals surface area contributed by atoms with Crippen LogP contribution in [0.15, 0.2) is 42.5 Å². The van der Waals surface area contributed by atoms with Gasteiger partial charge in [0, 0.05) is 0 Å². The summed E-state index contributed by atoms with van der Waals surface area (Å²) in [4.78, 5) is 12.5. The maximum atomic E-state index is 12.5. The Bertz CT molecular complexity index is 665. The Kier molecular flexibility index (Phi) is 8.16. The van der Waals surface area contributed by atoms with Gasteiger partial charge in [-0.25, -0.2) is 0 Å². The number of carbonyl (C=O) groups excluding carboxylic acids is 1. The smallest absolute Gasteiger partial charge is 1.00 e. The predicted octanol–water partition coefficient (Wildman–Crippen LogP) is 1.40. The molecule has 0 N–H and O–H groups in total. The summed E-state index contributed by atoms with van der Waals surface area (Å²) in [5.74, 6) is 1.30. The van der Waals surface area contributed by atoms with E-state index in [2.05, 4.69) is 0 Å². The van der Waals surface area contributed by atoms with E-state index < -0.39 is 0 Å². The van der Waals surface area contributed by atoms with Crippen molar-refractivity contribution in [2.24, 2.45) is 0 Å². The van der Waals surface area contributed by atoms with Crippen LogP contribution in [0.1, 0.15) is 25.6 Å². The molecular weight excluding hydrogens is 326 g/mol. The molecule has 0 bridgehead atoms. The summed E-state index contributed by atoms with van der Waals surface area (Å²) in [6, 6.07) is 12.7. The molecule has 0 aliphatic carbocycles. The molecule has 0 heterocycles. The largest absolute Gasteiger partial charge is 1.00 e. The summed E-state index contributed by atoms with van der Waals surface area (Å²) in [7, 11) is 1.52. The number of halogens is 1. The number of ether oxygens (including phenoxy) is 2. The molecule has 0 saturated carbocycles. The van der Waals surface area contributed by atoms with Gasteiger partial charge >= 0.3 is 18.9 Å². The first kappa shape index (κ1) is 20.1. The normalized spacial score (nSPS) is 10.7. The maximum absolute atomic E-state index is 12.5. The van der Waals surface area contributed by atoms with Gasteiger partial charge in [-0.2, -0.15) is 0 Å². The number of hydrogen-bond donors (Lipinski definition) is 0. The molecule has 1 atom stereocenters. The topological polar surface area (TPSA) is 35.5 Å². The average molecular weight is 345 g/mol. The Labute approximate surface area is 157 Å². The third-order valence-electron chi connectivity index (χ3n) is 2.91. The first-order chi connectivity index (χ1) is 10.5. The van der Waals surface area contributed by atoms with Crippen molar-refractivity contribution in [1.82, 2.24) is 0 Å². The van der Waals surface area contributed by atoms with E-state index in [1.54, 1.807) is 18.2 Å². The van der Waals surface area contributed by atoms with E-state index in [9.17, 15) is 4.79 Å². The molecule has 0 aliphatic heterocycles. The third kappa shape index (κ3) is 5.55. The van der Waals surface area contributed by atoms with Gasteiger partial charge in [0.2, 0.25) is 0 Å². The first-order valence-electron chi connectivity index (χ1n) is 6.92. The van der Waals surface area contributed by atoms with Gasteiger partial charge in [-0.1, -0.05) is 29.8 Å². The van der Waals surface area contributed by atoms with E-state index in [4.69, 9.17) is 21.1 Å². The molecule has 2 aromatic rings. The van der Waals surface area contributed by atoms with Crippen molar-refractivity contribution < 1.29 is 34.6 Å². The summed E-state index contributed by atoms with van der Waals surface area (Å²) >= 11 is 6.14. The summed E-state index contributed by atoms with van der Waals surface area (Å²) < 4.78 is 10.8. The van der Waals surface area contributed by atoms with Crippen LogP contribution in [0.3, 0.4) is 0 Å². The molecule has 6 heteroatoms. The second kappa shape index (κ2) is 9.35. The molecule has 0 radical (unpaired) electrons. The van der Waals surface area contributed by atoms with Gasteiger partial charge in [0.25, 0.3) is 0 Å². The van der Waals surface area contributed by atoms with Crippen molar-refractivity contribution in [3.63, 3.8) is 0 Å². The van der Waals surface area contributed by atoms with E-state index in [-0.39, 0.29) is 40.5 Å². The van der Waals surface area contributed by atoms with Crippen LogP contribution in [0.2, 0.25) is 5.02 Å². The molecule has 0 spiro atoms. The van der Waals surface area contributed by atoms with E-state index in [0.29, 0.717) is 16.3 Å². The Balaban J connectivity index is 0.00000264. The molecule has 0 fully saturated rings. The number of rotatable bonds is 6. The summed E-state index contributed by atoms with van der Waals surface area (Å²) in [6.07, 6.45) is 0.127. The molecule has 0 aliphatic rings. The van der Waals surface area contributed by atoms with Gasteiger partial charge in [0.05, 0.1) is 23.8 Å². The molecule has 0 amide bonds. The zero-order chi connectivity index (χ0) is 16.1. The minimum atomic E-state index is -0.0417. The van der Waals surface area contributed by atoms with Crippen molar-refractivity contribution in [2.75, 3.05) is 7.11 Å². The fourth-order valence-corrected chi connectivity index (χ4v) is 3.29. The third-order valence-corrected chi connectivity index (χ3v) is 4.32. The molecule has 118 valence electrons. The second-order valence-electron chi connectivity index (χ2n) is 4.96. The van der Waals surface area contributed by atoms with Crippen molar-refractivity contribution in [3.05, 3.63) is 53.1 Å². The minimum absolute atomic E-state index is 0. The SMILES string of the molecule is COc1cccc(Cl)c1C(=O)Pc1ccc(OC(C)C)cc1.[H-].[Li+]. The van der Waals surface area contributed by atoms with E-state index in [1.807, 2.05) is 38.1 Å². The molecular formula is C17H19ClLiO3P. The molecule has 1 unspecified atom stereocenters. The molecule has 3 nitrogen and oxygen atoms in total. The van der Waals surface area contributed by atoms with E-state index in [0.717, 1.165) is 11.1 Å². The number of carbonyl (C=O) groups is 1. The van der Waals surface area contributed by atoms with Crippen LogP contribution in [-0.4, -0.2) is 18.7 Å².